The number of benzene rings is 1. The van der Waals surface area contributed by atoms with Crippen molar-refractivity contribution in [1.29, 1.82) is 0 Å². The minimum absolute atomic E-state index is 0.0156. The fraction of sp³-hybridized carbons (Fsp3) is 0.250. The Labute approximate surface area is 109 Å². The van der Waals surface area contributed by atoms with E-state index < -0.39 is 0 Å². The van der Waals surface area contributed by atoms with Crippen molar-refractivity contribution in [3.63, 3.8) is 0 Å². The monoisotopic (exact) mass is 295 g/mol. The third-order valence-electron chi connectivity index (χ3n) is 2.17. The lowest BCUT2D eigenvalue weighted by Gasteiger charge is -2.06. The van der Waals surface area contributed by atoms with Gasteiger partial charge in [0.05, 0.1) is 18.1 Å². The zero-order valence-corrected chi connectivity index (χ0v) is 11.1. The summed E-state index contributed by atoms with van der Waals surface area (Å²) >= 11 is 3.48. The fourth-order valence-electron chi connectivity index (χ4n) is 1.38. The number of ether oxygens (including phenoxy) is 1. The predicted octanol–water partition coefficient (Wildman–Crippen LogP) is 2.36. The molecular weight excluding hydrogens is 282 g/mol. The maximum atomic E-state index is 5.62. The zero-order valence-electron chi connectivity index (χ0n) is 9.51. The number of para-hydroxylation sites is 1. The van der Waals surface area contributed by atoms with Gasteiger partial charge in [0.1, 0.15) is 6.61 Å². The third kappa shape index (κ3) is 3.08. The van der Waals surface area contributed by atoms with Crippen molar-refractivity contribution in [2.45, 2.75) is 13.0 Å². The molecule has 0 amide bonds. The molecule has 1 unspecified atom stereocenters. The van der Waals surface area contributed by atoms with E-state index in [0.717, 1.165) is 15.9 Å². The largest absolute Gasteiger partial charge is 0.489 e. The first-order valence-corrected chi connectivity index (χ1v) is 6.14. The topological polar surface area (TPSA) is 53.1 Å². The summed E-state index contributed by atoms with van der Waals surface area (Å²) in [6, 6.07) is 7.89. The summed E-state index contributed by atoms with van der Waals surface area (Å²) in [6.07, 6.45) is 3.52. The zero-order chi connectivity index (χ0) is 12.3. The molecule has 0 saturated heterocycles. The Morgan fingerprint density at radius 2 is 2.24 bits per heavy atom. The smallest absolute Gasteiger partial charge is 0.157 e. The third-order valence-corrected chi connectivity index (χ3v) is 2.84. The molecule has 1 aromatic heterocycles. The average Bonchev–Trinajstić information content (AvgIpc) is 2.75. The second kappa shape index (κ2) is 5.33. The first-order chi connectivity index (χ1) is 8.16. The highest BCUT2D eigenvalue weighted by atomic mass is 79.9. The summed E-state index contributed by atoms with van der Waals surface area (Å²) in [6.45, 7) is 2.39. The van der Waals surface area contributed by atoms with Gasteiger partial charge in [-0.05, 0) is 35.0 Å². The standard InChI is InChI=1S/C12H14BrN3O/c1-9(14)8-17-10-6-15-16(7-10)12-5-3-2-4-11(12)13/h2-7,9H,8,14H2,1H3. The minimum Gasteiger partial charge on any atom is -0.489 e. The maximum Gasteiger partial charge on any atom is 0.157 e. The molecule has 0 saturated carbocycles. The van der Waals surface area contributed by atoms with E-state index in [0.29, 0.717) is 6.61 Å². The summed E-state index contributed by atoms with van der Waals surface area (Å²) in [5, 5.41) is 4.25. The molecule has 0 bridgehead atoms. The van der Waals surface area contributed by atoms with E-state index in [9.17, 15) is 0 Å². The molecule has 1 aromatic carbocycles. The van der Waals surface area contributed by atoms with Gasteiger partial charge in [-0.1, -0.05) is 12.1 Å². The molecule has 17 heavy (non-hydrogen) atoms. The first-order valence-electron chi connectivity index (χ1n) is 5.35. The van der Waals surface area contributed by atoms with Crippen molar-refractivity contribution in [1.82, 2.24) is 9.78 Å². The molecule has 5 heteroatoms. The van der Waals surface area contributed by atoms with Crippen LogP contribution in [0.5, 0.6) is 5.75 Å². The molecule has 2 aromatic rings. The van der Waals surface area contributed by atoms with Crippen LogP contribution in [-0.2, 0) is 0 Å². The normalized spacial score (nSPS) is 12.4. The number of nitrogens with zero attached hydrogens (tertiary/aromatic N) is 2. The Morgan fingerprint density at radius 3 is 2.94 bits per heavy atom. The number of nitrogens with two attached hydrogens (primary N) is 1. The van der Waals surface area contributed by atoms with Gasteiger partial charge in [0.15, 0.2) is 5.75 Å². The van der Waals surface area contributed by atoms with Gasteiger partial charge in [0.25, 0.3) is 0 Å². The molecule has 2 N–H and O–H groups in total. The molecule has 4 nitrogen and oxygen atoms in total. The van der Waals surface area contributed by atoms with Gasteiger partial charge in [-0.3, -0.25) is 0 Å². The van der Waals surface area contributed by atoms with Gasteiger partial charge in [-0.25, -0.2) is 4.68 Å². The van der Waals surface area contributed by atoms with Gasteiger partial charge in [-0.15, -0.1) is 0 Å². The molecule has 2 rings (SSSR count). The summed E-state index contributed by atoms with van der Waals surface area (Å²) in [5.74, 6) is 0.720. The molecule has 90 valence electrons. The first kappa shape index (κ1) is 12.1. The lowest BCUT2D eigenvalue weighted by atomic mass is 10.3. The Bertz CT molecular complexity index is 496. The molecule has 1 atom stereocenters. The van der Waals surface area contributed by atoms with Crippen LogP contribution in [0.2, 0.25) is 0 Å². The van der Waals surface area contributed by atoms with Crippen molar-refractivity contribution in [2.75, 3.05) is 6.61 Å². The molecule has 1 heterocycles. The number of hydrogen-bond acceptors (Lipinski definition) is 3. The lowest BCUT2D eigenvalue weighted by molar-refractivity contribution is 0.296. The number of halogens is 1. The van der Waals surface area contributed by atoms with Crippen LogP contribution >= 0.6 is 15.9 Å². The summed E-state index contributed by atoms with van der Waals surface area (Å²) < 4.78 is 8.24. The minimum atomic E-state index is 0.0156. The Hall–Kier alpha value is -1.33. The molecule has 0 spiro atoms. The average molecular weight is 296 g/mol. The Balaban J connectivity index is 2.16. The summed E-state index contributed by atoms with van der Waals surface area (Å²) in [7, 11) is 0. The van der Waals surface area contributed by atoms with Crippen LogP contribution in [0.15, 0.2) is 41.1 Å². The van der Waals surface area contributed by atoms with E-state index in [4.69, 9.17) is 10.5 Å². The van der Waals surface area contributed by atoms with Crippen LogP contribution in [0, 0.1) is 0 Å². The molecule has 0 radical (unpaired) electrons. The van der Waals surface area contributed by atoms with E-state index in [1.54, 1.807) is 10.9 Å². The van der Waals surface area contributed by atoms with Crippen LogP contribution in [0.3, 0.4) is 0 Å². The van der Waals surface area contributed by atoms with Crippen LogP contribution in [-0.4, -0.2) is 22.4 Å². The fourth-order valence-corrected chi connectivity index (χ4v) is 1.84. The van der Waals surface area contributed by atoms with E-state index >= 15 is 0 Å². The predicted molar refractivity (Wildman–Crippen MR) is 70.4 cm³/mol. The highest BCUT2D eigenvalue weighted by molar-refractivity contribution is 9.10. The van der Waals surface area contributed by atoms with Gasteiger partial charge in [0.2, 0.25) is 0 Å². The molecule has 0 fully saturated rings. The van der Waals surface area contributed by atoms with Crippen LogP contribution in [0.1, 0.15) is 6.92 Å². The van der Waals surface area contributed by atoms with Gasteiger partial charge >= 0.3 is 0 Å². The quantitative estimate of drug-likeness (QED) is 0.942. The van der Waals surface area contributed by atoms with Crippen molar-refractivity contribution in [3.05, 3.63) is 41.1 Å². The van der Waals surface area contributed by atoms with E-state index in [1.807, 2.05) is 37.4 Å². The molecular formula is C12H14BrN3O. The summed E-state index contributed by atoms with van der Waals surface area (Å²) in [5.41, 5.74) is 6.60. The molecule has 0 aliphatic carbocycles. The lowest BCUT2D eigenvalue weighted by Crippen LogP contribution is -2.23. The summed E-state index contributed by atoms with van der Waals surface area (Å²) in [4.78, 5) is 0. The molecule has 0 aliphatic rings. The van der Waals surface area contributed by atoms with Crippen LogP contribution < -0.4 is 10.5 Å². The van der Waals surface area contributed by atoms with Gasteiger partial charge in [-0.2, -0.15) is 5.10 Å². The molecule has 0 aliphatic heterocycles. The van der Waals surface area contributed by atoms with E-state index in [-0.39, 0.29) is 6.04 Å². The highest BCUT2D eigenvalue weighted by Crippen LogP contribution is 2.21. The van der Waals surface area contributed by atoms with Crippen molar-refractivity contribution < 1.29 is 4.74 Å². The second-order valence-corrected chi connectivity index (χ2v) is 4.71. The maximum absolute atomic E-state index is 5.62. The number of hydrogen-bond donors (Lipinski definition) is 1. The van der Waals surface area contributed by atoms with E-state index in [2.05, 4.69) is 21.0 Å². The number of rotatable bonds is 4. The second-order valence-electron chi connectivity index (χ2n) is 3.86. The van der Waals surface area contributed by atoms with Crippen molar-refractivity contribution in [3.8, 4) is 11.4 Å². The Morgan fingerprint density at radius 1 is 1.47 bits per heavy atom. The van der Waals surface area contributed by atoms with Crippen LogP contribution in [0.25, 0.3) is 5.69 Å². The Kier molecular flexibility index (Phi) is 3.81. The van der Waals surface area contributed by atoms with Crippen LogP contribution in [0.4, 0.5) is 0 Å². The van der Waals surface area contributed by atoms with E-state index in [1.165, 1.54) is 0 Å². The SMILES string of the molecule is CC(N)COc1cnn(-c2ccccc2Br)c1. The highest BCUT2D eigenvalue weighted by Gasteiger charge is 2.05. The van der Waals surface area contributed by atoms with Crippen molar-refractivity contribution >= 4 is 15.9 Å². The van der Waals surface area contributed by atoms with Crippen molar-refractivity contribution in [2.24, 2.45) is 5.73 Å². The van der Waals surface area contributed by atoms with Gasteiger partial charge < -0.3 is 10.5 Å². The number of aromatic nitrogens is 2. The van der Waals surface area contributed by atoms with Gasteiger partial charge in [0, 0.05) is 10.5 Å².